The Morgan fingerprint density at radius 2 is 1.88 bits per heavy atom. The Bertz CT molecular complexity index is 1860. The second-order valence-corrected chi connectivity index (χ2v) is 15.2. The van der Waals surface area contributed by atoms with Gasteiger partial charge in [-0.15, -0.1) is 23.1 Å². The summed E-state index contributed by atoms with van der Waals surface area (Å²) in [4.78, 5) is 74.9. The van der Waals surface area contributed by atoms with E-state index in [1.807, 2.05) is 0 Å². The largest absolute Gasteiger partial charge is 0.504 e. The molecule has 1 saturated carbocycles. The van der Waals surface area contributed by atoms with Gasteiger partial charge in [-0.3, -0.25) is 19.3 Å². The summed E-state index contributed by atoms with van der Waals surface area (Å²) in [6.07, 6.45) is 2.80. The maximum absolute atomic E-state index is 13.5. The Labute approximate surface area is 303 Å². The molecule has 2 saturated heterocycles. The van der Waals surface area contributed by atoms with Gasteiger partial charge in [0.05, 0.1) is 36.8 Å². The Hall–Kier alpha value is -4.59. The van der Waals surface area contributed by atoms with Gasteiger partial charge in [0, 0.05) is 42.4 Å². The summed E-state index contributed by atoms with van der Waals surface area (Å²) in [5.74, 6) is -5.32. The minimum absolute atomic E-state index is 0.00681. The van der Waals surface area contributed by atoms with Gasteiger partial charge < -0.3 is 46.1 Å². The number of likely N-dealkylation sites (tertiary alicyclic amines) is 1. The van der Waals surface area contributed by atoms with Crippen molar-refractivity contribution in [3.63, 3.8) is 0 Å². The number of hydrogen-bond donors (Lipinski definition) is 7. The van der Waals surface area contributed by atoms with Crippen LogP contribution in [-0.2, 0) is 24.0 Å². The van der Waals surface area contributed by atoms with Crippen molar-refractivity contribution in [2.45, 2.75) is 49.1 Å². The van der Waals surface area contributed by atoms with E-state index >= 15 is 0 Å². The van der Waals surface area contributed by atoms with Gasteiger partial charge in [-0.2, -0.15) is 0 Å². The fourth-order valence-electron chi connectivity index (χ4n) is 6.69. The third kappa shape index (κ3) is 6.89. The number of benzene rings is 1. The fraction of sp³-hybridized carbons (Fsp3) is 0.452. The highest BCUT2D eigenvalue weighted by molar-refractivity contribution is 8.00. The molecule has 0 bridgehead atoms. The summed E-state index contributed by atoms with van der Waals surface area (Å²) < 4.78 is 0.475. The third-order valence-corrected chi connectivity index (χ3v) is 12.0. The molecule has 2 atom stereocenters. The Kier molecular flexibility index (Phi) is 10.1. The molecule has 0 unspecified atom stereocenters. The molecule has 3 fully saturated rings. The number of carbonyl (C=O) groups excluding carboxylic acids is 3. The van der Waals surface area contributed by atoms with Gasteiger partial charge in [0.25, 0.3) is 17.7 Å². The summed E-state index contributed by atoms with van der Waals surface area (Å²) in [6, 6.07) is 1.36. The van der Waals surface area contributed by atoms with Crippen LogP contribution in [-0.4, -0.2) is 126 Å². The van der Waals surface area contributed by atoms with Crippen molar-refractivity contribution in [3.8, 4) is 11.5 Å². The van der Waals surface area contributed by atoms with Crippen LogP contribution >= 0.6 is 34.7 Å². The van der Waals surface area contributed by atoms with E-state index in [-0.39, 0.29) is 58.0 Å². The number of nitrogen functional groups attached to an aromatic ring is 1. The van der Waals surface area contributed by atoms with Gasteiger partial charge in [0.15, 0.2) is 22.3 Å². The third-order valence-electron chi connectivity index (χ3n) is 9.63. The number of oxime groups is 1. The minimum atomic E-state index is -1.57. The Morgan fingerprint density at radius 3 is 2.49 bits per heavy atom. The highest BCUT2D eigenvalue weighted by Crippen LogP contribution is 2.42. The lowest BCUT2D eigenvalue weighted by Gasteiger charge is -2.50. The molecule has 3 aliphatic heterocycles. The molecule has 0 radical (unpaired) electrons. The summed E-state index contributed by atoms with van der Waals surface area (Å²) in [5, 5.41) is 49.3. The van der Waals surface area contributed by atoms with Crippen LogP contribution in [0.2, 0.25) is 5.02 Å². The first kappa shape index (κ1) is 36.2. The number of halogens is 1. The number of rotatable bonds is 13. The number of anilines is 1. The van der Waals surface area contributed by atoms with Crippen LogP contribution in [0.5, 0.6) is 11.5 Å². The average molecular weight is 765 g/mol. The highest BCUT2D eigenvalue weighted by atomic mass is 35.5. The van der Waals surface area contributed by atoms with Crippen LogP contribution in [0, 0.1) is 0 Å². The molecule has 2 aromatic rings. The number of nitrogens with two attached hydrogens (primary N) is 1. The fourth-order valence-corrected chi connectivity index (χ4v) is 8.82. The first-order valence-corrected chi connectivity index (χ1v) is 18.3. The van der Waals surface area contributed by atoms with Crippen molar-refractivity contribution in [1.29, 1.82) is 0 Å². The second kappa shape index (κ2) is 14.2. The number of aliphatic carboxylic acids is 2. The number of fused-ring (bicyclic) bond motifs is 1. The molecule has 1 aromatic heterocycles. The van der Waals surface area contributed by atoms with Gasteiger partial charge in [-0.1, -0.05) is 16.8 Å². The van der Waals surface area contributed by atoms with Crippen LogP contribution in [0.25, 0.3) is 0 Å². The number of nitrogens with one attached hydrogen (secondary N) is 2. The van der Waals surface area contributed by atoms with Gasteiger partial charge in [-0.05, 0) is 18.6 Å². The van der Waals surface area contributed by atoms with E-state index in [1.54, 1.807) is 0 Å². The second-order valence-electron chi connectivity index (χ2n) is 12.8. The van der Waals surface area contributed by atoms with Crippen molar-refractivity contribution in [2.24, 2.45) is 5.16 Å². The number of carboxylic acid groups (broad SMARTS) is 2. The standard InChI is InChI=1S/C31H34ClN7O10S2/c32-19-16(4-5-18(40)23(19)41)24(42)34-8-11-39(9-1-2-10-39)12-15-13-50-27-21(26(44)38(27)22(15)28(45)46)36-25(43)20(17-14-51-30(33)35-17)37-49-31(29(47)48)6-3-7-31/h4-5,14,21,27H,1-3,6-13H2,(H7-,33,34,35,36,37,40,41,42,43,45,46,47,48)/p+1/t21-,27-/m1/s1. The zero-order valence-corrected chi connectivity index (χ0v) is 29.4. The molecule has 20 heteroatoms. The van der Waals surface area contributed by atoms with E-state index in [9.17, 15) is 44.4 Å². The average Bonchev–Trinajstić information content (AvgIpc) is 3.72. The zero-order chi connectivity index (χ0) is 36.7. The molecular formula is C31H35ClN7O10S2+. The quantitative estimate of drug-likeness (QED) is 0.0500. The minimum Gasteiger partial charge on any atom is -0.504 e. The molecule has 4 aliphatic rings. The monoisotopic (exact) mass is 764 g/mol. The first-order valence-electron chi connectivity index (χ1n) is 16.0. The molecule has 0 spiro atoms. The van der Waals surface area contributed by atoms with E-state index in [0.29, 0.717) is 29.6 Å². The number of quaternary nitrogens is 1. The molecule has 8 N–H and O–H groups in total. The number of carboxylic acids is 2. The molecule has 4 heterocycles. The van der Waals surface area contributed by atoms with Crippen molar-refractivity contribution >= 4 is 75.2 Å². The van der Waals surface area contributed by atoms with Gasteiger partial charge in [0.2, 0.25) is 5.60 Å². The van der Waals surface area contributed by atoms with Crippen molar-refractivity contribution in [1.82, 2.24) is 20.5 Å². The number of carbonyl (C=O) groups is 5. The lowest BCUT2D eigenvalue weighted by molar-refractivity contribution is -0.911. The van der Waals surface area contributed by atoms with Gasteiger partial charge in [-0.25, -0.2) is 14.6 Å². The van der Waals surface area contributed by atoms with Crippen LogP contribution in [0.3, 0.4) is 0 Å². The molecule has 17 nitrogen and oxygen atoms in total. The number of aromatic nitrogens is 1. The van der Waals surface area contributed by atoms with Crippen LogP contribution in [0.1, 0.15) is 48.2 Å². The predicted molar refractivity (Wildman–Crippen MR) is 184 cm³/mol. The molecular weight excluding hydrogens is 730 g/mol. The van der Waals surface area contributed by atoms with E-state index in [2.05, 4.69) is 20.8 Å². The van der Waals surface area contributed by atoms with Crippen LogP contribution in [0.15, 0.2) is 33.9 Å². The lowest BCUT2D eigenvalue weighted by atomic mass is 9.80. The Morgan fingerprint density at radius 1 is 1.16 bits per heavy atom. The maximum Gasteiger partial charge on any atom is 0.352 e. The summed E-state index contributed by atoms with van der Waals surface area (Å²) in [6.45, 7) is 2.44. The smallest absolute Gasteiger partial charge is 0.352 e. The summed E-state index contributed by atoms with van der Waals surface area (Å²) >= 11 is 8.37. The maximum atomic E-state index is 13.5. The number of nitrogens with zero attached hydrogens (tertiary/aromatic N) is 4. The van der Waals surface area contributed by atoms with Crippen LogP contribution < -0.4 is 16.4 Å². The normalized spacial score (nSPS) is 22.0. The van der Waals surface area contributed by atoms with Crippen molar-refractivity contribution in [3.05, 3.63) is 45.1 Å². The summed E-state index contributed by atoms with van der Waals surface area (Å²) in [5.41, 5.74) is 4.25. The van der Waals surface area contributed by atoms with Crippen molar-refractivity contribution < 1.29 is 53.7 Å². The van der Waals surface area contributed by atoms with E-state index < -0.39 is 58.2 Å². The predicted octanol–water partition coefficient (Wildman–Crippen LogP) is 1.30. The number of thiazole rings is 1. The van der Waals surface area contributed by atoms with Gasteiger partial charge in [0.1, 0.15) is 29.4 Å². The molecule has 3 amide bonds. The molecule has 6 rings (SSSR count). The molecule has 272 valence electrons. The number of hydrogen-bond acceptors (Lipinski definition) is 13. The SMILES string of the molecule is Nc1nc(/C(=N/OC2(C(=O)O)CCC2)C(=O)N[C@@H]2C(=O)N3C(C(=O)O)=C(C[N+]4(CCNC(=O)c5ccc(O)c(O)c5Cl)CCCC4)CS[C@H]23)cs1. The zero-order valence-electron chi connectivity index (χ0n) is 27.0. The van der Waals surface area contributed by atoms with E-state index in [0.717, 1.165) is 43.3 Å². The number of thioether (sulfide) groups is 1. The van der Waals surface area contributed by atoms with Crippen LogP contribution in [0.4, 0.5) is 5.13 Å². The Balaban J connectivity index is 1.15. The highest BCUT2D eigenvalue weighted by Gasteiger charge is 2.55. The van der Waals surface area contributed by atoms with E-state index in [4.69, 9.17) is 22.2 Å². The number of amides is 3. The number of phenols is 2. The number of phenolic OH excluding ortho intramolecular Hbond substituents is 2. The molecule has 1 aliphatic carbocycles. The summed E-state index contributed by atoms with van der Waals surface area (Å²) in [7, 11) is 0. The lowest BCUT2D eigenvalue weighted by Crippen LogP contribution is -2.71. The van der Waals surface area contributed by atoms with Gasteiger partial charge >= 0.3 is 11.9 Å². The number of aromatic hydroxyl groups is 2. The molecule has 51 heavy (non-hydrogen) atoms. The molecule has 1 aromatic carbocycles. The van der Waals surface area contributed by atoms with E-state index in [1.165, 1.54) is 28.1 Å². The van der Waals surface area contributed by atoms with Crippen molar-refractivity contribution in [2.75, 3.05) is 44.2 Å². The number of β-lactam (4-membered cyclic amide) rings is 1. The topological polar surface area (TPSA) is 254 Å². The first-order chi connectivity index (χ1) is 24.3.